The fourth-order valence-electron chi connectivity index (χ4n) is 1.64. The average Bonchev–Trinajstić information content (AvgIpc) is 2.56. The molecule has 78 valence electrons. The van der Waals surface area contributed by atoms with Gasteiger partial charge in [-0.15, -0.1) is 11.3 Å². The molecular weight excluding hydrogens is 223 g/mol. The van der Waals surface area contributed by atoms with E-state index < -0.39 is 6.17 Å². The van der Waals surface area contributed by atoms with Crippen LogP contribution in [0.4, 0.5) is 4.39 Å². The zero-order valence-corrected chi connectivity index (χ0v) is 9.32. The lowest BCUT2D eigenvalue weighted by Crippen LogP contribution is -2.33. The first kappa shape index (κ1) is 10.3. The van der Waals surface area contributed by atoms with E-state index in [1.807, 2.05) is 0 Å². The third-order valence-corrected chi connectivity index (χ3v) is 3.52. The zero-order valence-electron chi connectivity index (χ0n) is 7.75. The lowest BCUT2D eigenvalue weighted by atomic mass is 10.1. The monoisotopic (exact) mass is 234 g/mol. The van der Waals surface area contributed by atoms with Gasteiger partial charge in [0.05, 0.1) is 0 Å². The predicted octanol–water partition coefficient (Wildman–Crippen LogP) is 2.73. The molecule has 2 rings (SSSR count). The Labute approximate surface area is 91.7 Å². The number of nitrogens with zero attached hydrogens (tertiary/aromatic N) is 2. The molecule has 5 heteroatoms. The zero-order chi connectivity index (χ0) is 9.97. The Hall–Kier alpha value is -0.190. The van der Waals surface area contributed by atoms with Crippen molar-refractivity contribution in [3.8, 4) is 0 Å². The van der Waals surface area contributed by atoms with Gasteiger partial charge in [-0.3, -0.25) is 4.90 Å². The summed E-state index contributed by atoms with van der Waals surface area (Å²) in [6.07, 6.45) is 2.52. The molecular formula is C9H12ClFN2S. The molecule has 0 radical (unpaired) electrons. The predicted molar refractivity (Wildman–Crippen MR) is 56.5 cm³/mol. The second kappa shape index (κ2) is 4.55. The van der Waals surface area contributed by atoms with Crippen LogP contribution in [0.1, 0.15) is 17.7 Å². The number of alkyl halides is 1. The maximum Gasteiger partial charge on any atom is 0.183 e. The normalized spacial score (nSPS) is 20.1. The van der Waals surface area contributed by atoms with E-state index in [1.165, 1.54) is 11.3 Å². The summed E-state index contributed by atoms with van der Waals surface area (Å²) in [5.74, 6) is 0. The maximum absolute atomic E-state index is 12.8. The highest BCUT2D eigenvalue weighted by atomic mass is 35.5. The van der Waals surface area contributed by atoms with Crippen molar-refractivity contribution < 1.29 is 4.39 Å². The Bertz CT molecular complexity index is 297. The van der Waals surface area contributed by atoms with Crippen molar-refractivity contribution >= 4 is 22.9 Å². The molecule has 0 aromatic carbocycles. The molecule has 1 aliphatic heterocycles. The van der Waals surface area contributed by atoms with E-state index in [4.69, 9.17) is 11.6 Å². The van der Waals surface area contributed by atoms with Crippen molar-refractivity contribution in [1.82, 2.24) is 9.88 Å². The summed E-state index contributed by atoms with van der Waals surface area (Å²) in [6.45, 7) is 2.55. The summed E-state index contributed by atoms with van der Waals surface area (Å²) in [5, 5.41) is 0. The van der Waals surface area contributed by atoms with Crippen molar-refractivity contribution in [1.29, 1.82) is 0 Å². The molecule has 14 heavy (non-hydrogen) atoms. The Morgan fingerprint density at radius 2 is 2.29 bits per heavy atom. The fourth-order valence-corrected chi connectivity index (χ4v) is 2.66. The molecule has 0 saturated carbocycles. The van der Waals surface area contributed by atoms with Gasteiger partial charge in [0.2, 0.25) is 0 Å². The molecule has 1 aromatic rings. The van der Waals surface area contributed by atoms with Gasteiger partial charge in [-0.1, -0.05) is 11.6 Å². The number of likely N-dealkylation sites (tertiary alicyclic amines) is 1. The van der Waals surface area contributed by atoms with Gasteiger partial charge in [0.1, 0.15) is 6.17 Å². The van der Waals surface area contributed by atoms with Crippen LogP contribution >= 0.6 is 22.9 Å². The number of piperidine rings is 1. The van der Waals surface area contributed by atoms with Crippen LogP contribution in [0, 0.1) is 0 Å². The van der Waals surface area contributed by atoms with Gasteiger partial charge in [-0.05, 0) is 12.8 Å². The van der Waals surface area contributed by atoms with E-state index in [2.05, 4.69) is 9.88 Å². The van der Waals surface area contributed by atoms with Crippen LogP contribution in [-0.4, -0.2) is 29.1 Å². The maximum atomic E-state index is 12.8. The Morgan fingerprint density at radius 3 is 2.86 bits per heavy atom. The van der Waals surface area contributed by atoms with E-state index >= 15 is 0 Å². The number of aromatic nitrogens is 1. The van der Waals surface area contributed by atoms with E-state index in [0.717, 1.165) is 24.5 Å². The summed E-state index contributed by atoms with van der Waals surface area (Å²) in [5.41, 5.74) is 0. The van der Waals surface area contributed by atoms with Crippen LogP contribution in [0.5, 0.6) is 0 Å². The van der Waals surface area contributed by atoms with Crippen LogP contribution < -0.4 is 0 Å². The highest BCUT2D eigenvalue weighted by Gasteiger charge is 2.18. The van der Waals surface area contributed by atoms with E-state index in [0.29, 0.717) is 17.3 Å². The lowest BCUT2D eigenvalue weighted by Gasteiger charge is -2.27. The summed E-state index contributed by atoms with van der Waals surface area (Å²) in [6, 6.07) is 0. The summed E-state index contributed by atoms with van der Waals surface area (Å²) in [4.78, 5) is 7.39. The summed E-state index contributed by atoms with van der Waals surface area (Å²) < 4.78 is 13.4. The van der Waals surface area contributed by atoms with Gasteiger partial charge in [0, 0.05) is 30.7 Å². The number of hydrogen-bond acceptors (Lipinski definition) is 3. The standard InChI is InChI=1S/C9H12ClFN2S/c10-9-12-5-8(14-9)6-13-3-1-7(11)2-4-13/h5,7H,1-4,6H2. The first-order valence-corrected chi connectivity index (χ1v) is 5.90. The van der Waals surface area contributed by atoms with E-state index in [1.54, 1.807) is 6.20 Å². The van der Waals surface area contributed by atoms with Gasteiger partial charge in [-0.25, -0.2) is 9.37 Å². The molecule has 1 saturated heterocycles. The molecule has 0 unspecified atom stereocenters. The lowest BCUT2D eigenvalue weighted by molar-refractivity contribution is 0.146. The fraction of sp³-hybridized carbons (Fsp3) is 0.667. The molecule has 1 aromatic heterocycles. The van der Waals surface area contributed by atoms with Crippen molar-refractivity contribution in [3.63, 3.8) is 0 Å². The van der Waals surface area contributed by atoms with Crippen LogP contribution in [0.3, 0.4) is 0 Å². The Kier molecular flexibility index (Phi) is 3.36. The van der Waals surface area contributed by atoms with Gasteiger partial charge in [0.15, 0.2) is 4.47 Å². The van der Waals surface area contributed by atoms with Crippen LogP contribution in [0.25, 0.3) is 0 Å². The SMILES string of the molecule is FC1CCN(Cc2cnc(Cl)s2)CC1. The molecule has 2 heterocycles. The topological polar surface area (TPSA) is 16.1 Å². The van der Waals surface area contributed by atoms with E-state index in [9.17, 15) is 4.39 Å². The van der Waals surface area contributed by atoms with Crippen LogP contribution in [0.2, 0.25) is 4.47 Å². The second-order valence-electron chi connectivity index (χ2n) is 3.53. The van der Waals surface area contributed by atoms with Crippen molar-refractivity contribution in [3.05, 3.63) is 15.5 Å². The van der Waals surface area contributed by atoms with Crippen molar-refractivity contribution in [2.45, 2.75) is 25.6 Å². The number of thiazole rings is 1. The molecule has 0 aliphatic carbocycles. The molecule has 0 spiro atoms. The summed E-state index contributed by atoms with van der Waals surface area (Å²) in [7, 11) is 0. The first-order chi connectivity index (χ1) is 6.74. The highest BCUT2D eigenvalue weighted by molar-refractivity contribution is 7.15. The third kappa shape index (κ3) is 2.65. The Morgan fingerprint density at radius 1 is 1.57 bits per heavy atom. The third-order valence-electron chi connectivity index (χ3n) is 2.42. The first-order valence-electron chi connectivity index (χ1n) is 4.70. The Balaban J connectivity index is 1.86. The average molecular weight is 235 g/mol. The van der Waals surface area contributed by atoms with Crippen LogP contribution in [0.15, 0.2) is 6.20 Å². The molecule has 0 amide bonds. The smallest absolute Gasteiger partial charge is 0.183 e. The quantitative estimate of drug-likeness (QED) is 0.782. The summed E-state index contributed by atoms with van der Waals surface area (Å²) >= 11 is 7.23. The molecule has 0 bridgehead atoms. The van der Waals surface area contributed by atoms with Crippen molar-refractivity contribution in [2.75, 3.05) is 13.1 Å². The molecule has 2 nitrogen and oxygen atoms in total. The number of hydrogen-bond donors (Lipinski definition) is 0. The minimum absolute atomic E-state index is 0.584. The highest BCUT2D eigenvalue weighted by Crippen LogP contribution is 2.21. The number of rotatable bonds is 2. The van der Waals surface area contributed by atoms with Gasteiger partial charge < -0.3 is 0 Å². The molecule has 1 fully saturated rings. The molecule has 0 atom stereocenters. The molecule has 1 aliphatic rings. The van der Waals surface area contributed by atoms with Gasteiger partial charge in [-0.2, -0.15) is 0 Å². The minimum Gasteiger partial charge on any atom is -0.298 e. The van der Waals surface area contributed by atoms with Gasteiger partial charge in [0.25, 0.3) is 0 Å². The van der Waals surface area contributed by atoms with Crippen LogP contribution in [-0.2, 0) is 6.54 Å². The van der Waals surface area contributed by atoms with Crippen molar-refractivity contribution in [2.24, 2.45) is 0 Å². The van der Waals surface area contributed by atoms with Gasteiger partial charge >= 0.3 is 0 Å². The van der Waals surface area contributed by atoms with E-state index in [-0.39, 0.29) is 0 Å². The largest absolute Gasteiger partial charge is 0.298 e. The minimum atomic E-state index is -0.601. The molecule has 0 N–H and O–H groups in total. The second-order valence-corrected chi connectivity index (χ2v) is 5.23. The number of halogens is 2.